The summed E-state index contributed by atoms with van der Waals surface area (Å²) in [6.07, 6.45) is 5.60. The molecule has 4 rings (SSSR count). The normalized spacial score (nSPS) is 11.8. The third-order valence-corrected chi connectivity index (χ3v) is 4.15. The first-order chi connectivity index (χ1) is 15.2. The number of aliphatic imine (C=N–C) groups is 2. The number of benzene rings is 3. The Kier molecular flexibility index (Phi) is 8.14. The number of rotatable bonds is 6. The van der Waals surface area contributed by atoms with Gasteiger partial charge in [0.05, 0.1) is 0 Å². The molecule has 154 valence electrons. The molecular formula is C25H23N5O. The topological polar surface area (TPSA) is 72.5 Å². The Labute approximate surface area is 181 Å². The Morgan fingerprint density at radius 1 is 0.774 bits per heavy atom. The minimum Gasteiger partial charge on any atom is -0.294 e. The number of hydrogen-bond donors (Lipinski definition) is 0. The number of nitrogens with zero attached hydrogens (tertiary/aromatic N) is 5. The minimum absolute atomic E-state index is 0.229. The molecule has 1 aromatic heterocycles. The number of carbonyl (C=O) groups excluding carboxylic acids is 1. The van der Waals surface area contributed by atoms with Gasteiger partial charge in [0.25, 0.3) is 0 Å². The average molecular weight is 409 g/mol. The van der Waals surface area contributed by atoms with Crippen LogP contribution in [0.5, 0.6) is 0 Å². The highest BCUT2D eigenvalue weighted by Crippen LogP contribution is 2.18. The van der Waals surface area contributed by atoms with Gasteiger partial charge in [-0.1, -0.05) is 91.0 Å². The summed E-state index contributed by atoms with van der Waals surface area (Å²) in [5.41, 5.74) is 3.22. The molecule has 0 aliphatic heterocycles. The van der Waals surface area contributed by atoms with Crippen LogP contribution in [-0.4, -0.2) is 33.5 Å². The van der Waals surface area contributed by atoms with Crippen LogP contribution in [0.15, 0.2) is 107 Å². The highest BCUT2D eigenvalue weighted by atomic mass is 16.1. The molecule has 0 aliphatic carbocycles. The Morgan fingerprint density at radius 3 is 1.65 bits per heavy atom. The van der Waals surface area contributed by atoms with Crippen LogP contribution in [0.25, 0.3) is 0 Å². The van der Waals surface area contributed by atoms with Gasteiger partial charge in [-0.25, -0.2) is 4.98 Å². The van der Waals surface area contributed by atoms with E-state index in [9.17, 15) is 4.79 Å². The van der Waals surface area contributed by atoms with E-state index in [1.165, 1.54) is 11.0 Å². The van der Waals surface area contributed by atoms with Gasteiger partial charge in [-0.3, -0.25) is 19.5 Å². The Bertz CT molecular complexity index is 1060. The summed E-state index contributed by atoms with van der Waals surface area (Å²) in [5, 5.41) is 3.67. The van der Waals surface area contributed by atoms with E-state index >= 15 is 0 Å². The fourth-order valence-corrected chi connectivity index (χ4v) is 2.64. The van der Waals surface area contributed by atoms with Crippen molar-refractivity contribution in [2.75, 3.05) is 0 Å². The van der Waals surface area contributed by atoms with Gasteiger partial charge < -0.3 is 0 Å². The number of aldehydes is 1. The van der Waals surface area contributed by atoms with Gasteiger partial charge in [0.15, 0.2) is 12.5 Å². The highest BCUT2D eigenvalue weighted by Gasteiger charge is 2.05. The Morgan fingerprint density at radius 2 is 1.26 bits per heavy atom. The highest BCUT2D eigenvalue weighted by molar-refractivity contribution is 5.81. The minimum atomic E-state index is -0.239. The van der Waals surface area contributed by atoms with Gasteiger partial charge >= 0.3 is 0 Å². The zero-order chi connectivity index (χ0) is 21.7. The van der Waals surface area contributed by atoms with Crippen LogP contribution in [0.4, 0.5) is 0 Å². The Balaban J connectivity index is 0.000000287. The van der Waals surface area contributed by atoms with Gasteiger partial charge in [0.1, 0.15) is 6.33 Å². The summed E-state index contributed by atoms with van der Waals surface area (Å²) in [6.45, 7) is 0. The van der Waals surface area contributed by atoms with Gasteiger partial charge in [0.2, 0.25) is 5.82 Å². The zero-order valence-electron chi connectivity index (χ0n) is 17.2. The van der Waals surface area contributed by atoms with Crippen LogP contribution >= 0.6 is 0 Å². The molecule has 0 saturated heterocycles. The van der Waals surface area contributed by atoms with Gasteiger partial charge in [-0.15, -0.1) is 5.10 Å². The lowest BCUT2D eigenvalue weighted by Crippen LogP contribution is -1.94. The van der Waals surface area contributed by atoms with Crippen molar-refractivity contribution < 1.29 is 4.79 Å². The molecule has 0 radical (unpaired) electrons. The molecule has 0 saturated carbocycles. The van der Waals surface area contributed by atoms with Crippen molar-refractivity contribution in [2.24, 2.45) is 17.0 Å². The molecule has 4 aromatic rings. The lowest BCUT2D eigenvalue weighted by Gasteiger charge is -2.07. The van der Waals surface area contributed by atoms with E-state index in [0.717, 1.165) is 16.7 Å². The standard InChI is InChI=1S/C21H18N2.C4H5N3O/c1-4-10-18(11-5-1)16-22-21(20-14-8-3-9-15-20)23-17-19-12-6-2-7-13-19;1-7-3-5-4(2-8)6-7/h1-17,21H;2-3H,1H3. The maximum atomic E-state index is 9.88. The fraction of sp³-hybridized carbons (Fsp3) is 0.0800. The second kappa shape index (κ2) is 11.7. The maximum Gasteiger partial charge on any atom is 0.213 e. The predicted molar refractivity (Wildman–Crippen MR) is 124 cm³/mol. The third kappa shape index (κ3) is 7.29. The summed E-state index contributed by atoms with van der Waals surface area (Å²) >= 11 is 0. The van der Waals surface area contributed by atoms with Crippen LogP contribution in [0.1, 0.15) is 33.5 Å². The van der Waals surface area contributed by atoms with E-state index < -0.39 is 0 Å². The fourth-order valence-electron chi connectivity index (χ4n) is 2.64. The summed E-state index contributed by atoms with van der Waals surface area (Å²) in [5.74, 6) is 0.229. The molecule has 0 N–H and O–H groups in total. The van der Waals surface area contributed by atoms with Crippen LogP contribution in [0.2, 0.25) is 0 Å². The lowest BCUT2D eigenvalue weighted by molar-refractivity contribution is 0.111. The van der Waals surface area contributed by atoms with Crippen molar-refractivity contribution in [2.45, 2.75) is 6.17 Å². The van der Waals surface area contributed by atoms with Gasteiger partial charge in [-0.2, -0.15) is 0 Å². The Hall–Kier alpha value is -4.19. The molecule has 0 atom stereocenters. The maximum absolute atomic E-state index is 9.88. The quantitative estimate of drug-likeness (QED) is 0.346. The average Bonchev–Trinajstić information content (AvgIpc) is 3.27. The van der Waals surface area contributed by atoms with Crippen molar-refractivity contribution in [3.8, 4) is 0 Å². The lowest BCUT2D eigenvalue weighted by atomic mass is 10.1. The van der Waals surface area contributed by atoms with Gasteiger partial charge in [0, 0.05) is 19.5 Å². The summed E-state index contributed by atoms with van der Waals surface area (Å²) in [7, 11) is 1.71. The van der Waals surface area contributed by atoms with Crippen molar-refractivity contribution >= 4 is 18.7 Å². The molecule has 0 aliphatic rings. The smallest absolute Gasteiger partial charge is 0.213 e. The van der Waals surface area contributed by atoms with E-state index in [0.29, 0.717) is 6.29 Å². The molecule has 0 spiro atoms. The van der Waals surface area contributed by atoms with E-state index in [1.807, 2.05) is 91.3 Å². The molecule has 31 heavy (non-hydrogen) atoms. The molecule has 0 bridgehead atoms. The van der Waals surface area contributed by atoms with Crippen molar-refractivity contribution in [1.82, 2.24) is 14.8 Å². The van der Waals surface area contributed by atoms with E-state index in [1.54, 1.807) is 7.05 Å². The largest absolute Gasteiger partial charge is 0.294 e. The van der Waals surface area contributed by atoms with Crippen molar-refractivity contribution in [3.05, 3.63) is 120 Å². The second-order valence-electron chi connectivity index (χ2n) is 6.56. The molecular weight excluding hydrogens is 386 g/mol. The first kappa shape index (κ1) is 21.5. The van der Waals surface area contributed by atoms with Crippen molar-refractivity contribution in [3.63, 3.8) is 0 Å². The van der Waals surface area contributed by atoms with Crippen LogP contribution in [0, 0.1) is 0 Å². The van der Waals surface area contributed by atoms with E-state index in [2.05, 4.69) is 32.2 Å². The molecule has 0 amide bonds. The van der Waals surface area contributed by atoms with Gasteiger partial charge in [-0.05, 0) is 16.7 Å². The number of hydrogen-bond acceptors (Lipinski definition) is 5. The molecule has 3 aromatic carbocycles. The van der Waals surface area contributed by atoms with Crippen LogP contribution in [-0.2, 0) is 7.05 Å². The molecule has 6 heteroatoms. The summed E-state index contributed by atoms with van der Waals surface area (Å²) in [6, 6.07) is 30.3. The van der Waals surface area contributed by atoms with Crippen LogP contribution < -0.4 is 0 Å². The predicted octanol–water partition coefficient (Wildman–Crippen LogP) is 4.55. The van der Waals surface area contributed by atoms with E-state index in [4.69, 9.17) is 0 Å². The number of aryl methyl sites for hydroxylation is 1. The summed E-state index contributed by atoms with van der Waals surface area (Å²) in [4.78, 5) is 22.8. The first-order valence-corrected chi connectivity index (χ1v) is 9.77. The summed E-state index contributed by atoms with van der Waals surface area (Å²) < 4.78 is 1.48. The first-order valence-electron chi connectivity index (χ1n) is 9.77. The van der Waals surface area contributed by atoms with Crippen LogP contribution in [0.3, 0.4) is 0 Å². The third-order valence-electron chi connectivity index (χ3n) is 4.15. The van der Waals surface area contributed by atoms with E-state index in [-0.39, 0.29) is 12.0 Å². The second-order valence-corrected chi connectivity index (χ2v) is 6.56. The molecule has 6 nitrogen and oxygen atoms in total. The number of carbonyl (C=O) groups is 1. The zero-order valence-corrected chi connectivity index (χ0v) is 17.2. The monoisotopic (exact) mass is 409 g/mol. The molecule has 1 heterocycles. The SMILES string of the molecule is C(=NC(N=Cc1ccccc1)c1ccccc1)c1ccccc1.Cn1cnc(C=O)n1. The molecule has 0 fully saturated rings. The molecule has 0 unspecified atom stereocenters. The number of aromatic nitrogens is 3. The van der Waals surface area contributed by atoms with Crippen molar-refractivity contribution in [1.29, 1.82) is 0 Å².